The maximum Gasteiger partial charge on any atom is 0.318 e. The lowest BCUT2D eigenvalue weighted by Crippen LogP contribution is -2.52. The molecule has 27 heavy (non-hydrogen) atoms. The smallest absolute Gasteiger partial charge is 0.318 e. The Labute approximate surface area is 163 Å². The molecule has 2 aliphatic heterocycles. The molecule has 0 bridgehead atoms. The van der Waals surface area contributed by atoms with Crippen LogP contribution in [-0.4, -0.2) is 36.5 Å². The van der Waals surface area contributed by atoms with Crippen molar-refractivity contribution in [3.8, 4) is 0 Å². The lowest BCUT2D eigenvalue weighted by atomic mass is 9.73. The number of rotatable bonds is 3. The molecule has 0 saturated carbocycles. The van der Waals surface area contributed by atoms with Gasteiger partial charge in [0.2, 0.25) is 5.91 Å². The molecular formula is C21H25N3O2S. The van der Waals surface area contributed by atoms with E-state index in [0.29, 0.717) is 6.42 Å². The number of nitrogens with zero attached hydrogens (tertiary/aromatic N) is 1. The van der Waals surface area contributed by atoms with Crippen LogP contribution in [0.4, 0.5) is 4.79 Å². The third-order valence-electron chi connectivity index (χ3n) is 5.88. The summed E-state index contributed by atoms with van der Waals surface area (Å²) in [5.41, 5.74) is 1.27. The normalized spacial score (nSPS) is 20.1. The third kappa shape index (κ3) is 4.00. The first-order valence-corrected chi connectivity index (χ1v) is 10.4. The summed E-state index contributed by atoms with van der Waals surface area (Å²) in [6, 6.07) is 14.1. The monoisotopic (exact) mass is 383 g/mol. The lowest BCUT2D eigenvalue weighted by Gasteiger charge is -2.44. The topological polar surface area (TPSA) is 61.4 Å². The quantitative estimate of drug-likeness (QED) is 0.852. The highest BCUT2D eigenvalue weighted by Gasteiger charge is 2.39. The summed E-state index contributed by atoms with van der Waals surface area (Å²) in [5, 5.41) is 8.27. The summed E-state index contributed by atoms with van der Waals surface area (Å²) >= 11 is 1.66. The van der Waals surface area contributed by atoms with Crippen molar-refractivity contribution in [1.82, 2.24) is 15.5 Å². The molecule has 2 aliphatic rings. The van der Waals surface area contributed by atoms with Gasteiger partial charge in [-0.2, -0.15) is 0 Å². The van der Waals surface area contributed by atoms with E-state index < -0.39 is 0 Å². The first-order valence-electron chi connectivity index (χ1n) is 9.56. The van der Waals surface area contributed by atoms with Crippen molar-refractivity contribution < 1.29 is 9.59 Å². The summed E-state index contributed by atoms with van der Waals surface area (Å²) in [6.07, 6.45) is 3.46. The summed E-state index contributed by atoms with van der Waals surface area (Å²) in [5.74, 6) is 0.155. The average molecular weight is 384 g/mol. The number of amides is 3. The van der Waals surface area contributed by atoms with Gasteiger partial charge in [0.05, 0.1) is 6.04 Å². The van der Waals surface area contributed by atoms with E-state index in [-0.39, 0.29) is 23.4 Å². The number of urea groups is 1. The molecule has 6 heteroatoms. The van der Waals surface area contributed by atoms with E-state index in [0.717, 1.165) is 49.3 Å². The van der Waals surface area contributed by atoms with Crippen molar-refractivity contribution in [2.24, 2.45) is 5.41 Å². The van der Waals surface area contributed by atoms with Gasteiger partial charge in [-0.1, -0.05) is 36.4 Å². The first-order chi connectivity index (χ1) is 13.2. The van der Waals surface area contributed by atoms with Crippen LogP contribution >= 0.6 is 11.3 Å². The van der Waals surface area contributed by atoms with Crippen molar-refractivity contribution >= 4 is 23.3 Å². The number of thiophene rings is 1. The molecule has 3 amide bonds. The number of nitrogens with one attached hydrogen (secondary N) is 2. The highest BCUT2D eigenvalue weighted by Crippen LogP contribution is 2.37. The molecule has 5 nitrogen and oxygen atoms in total. The molecule has 2 fully saturated rings. The van der Waals surface area contributed by atoms with Gasteiger partial charge < -0.3 is 15.5 Å². The number of hydrogen-bond donors (Lipinski definition) is 2. The fourth-order valence-corrected chi connectivity index (χ4v) is 4.89. The Bertz CT molecular complexity index is 771. The number of carbonyl (C=O) groups is 2. The zero-order chi connectivity index (χ0) is 18.7. The molecule has 2 N–H and O–H groups in total. The molecule has 2 aromatic rings. The van der Waals surface area contributed by atoms with Gasteiger partial charge in [-0.15, -0.1) is 11.3 Å². The maximum atomic E-state index is 13.0. The van der Waals surface area contributed by atoms with Crippen LogP contribution in [0.1, 0.15) is 42.2 Å². The molecule has 1 aromatic heterocycles. The second kappa shape index (κ2) is 7.72. The third-order valence-corrected chi connectivity index (χ3v) is 6.82. The van der Waals surface area contributed by atoms with Crippen LogP contribution in [0.2, 0.25) is 0 Å². The number of likely N-dealkylation sites (tertiary alicyclic amines) is 1. The van der Waals surface area contributed by atoms with Crippen molar-refractivity contribution in [3.63, 3.8) is 0 Å². The fraction of sp³-hybridized carbons (Fsp3) is 0.429. The lowest BCUT2D eigenvalue weighted by molar-refractivity contribution is -0.125. The molecule has 1 atom stereocenters. The molecule has 0 aliphatic carbocycles. The van der Waals surface area contributed by atoms with E-state index in [1.54, 1.807) is 11.3 Å². The van der Waals surface area contributed by atoms with Crippen LogP contribution in [0, 0.1) is 5.41 Å². The van der Waals surface area contributed by atoms with Crippen LogP contribution in [0.3, 0.4) is 0 Å². The van der Waals surface area contributed by atoms with Gasteiger partial charge in [0.15, 0.2) is 0 Å². The summed E-state index contributed by atoms with van der Waals surface area (Å²) in [6.45, 7) is 2.24. The Hall–Kier alpha value is -2.34. The first kappa shape index (κ1) is 18.0. The van der Waals surface area contributed by atoms with E-state index in [1.807, 2.05) is 34.5 Å². The fourth-order valence-electron chi connectivity index (χ4n) is 4.09. The van der Waals surface area contributed by atoms with Gasteiger partial charge in [0, 0.05) is 30.9 Å². The molecule has 3 heterocycles. The van der Waals surface area contributed by atoms with Gasteiger partial charge in [0.1, 0.15) is 0 Å². The van der Waals surface area contributed by atoms with Gasteiger partial charge in [-0.05, 0) is 41.7 Å². The summed E-state index contributed by atoms with van der Waals surface area (Å²) < 4.78 is 0. The molecule has 1 spiro atoms. The molecular weight excluding hydrogens is 358 g/mol. The second-order valence-electron chi connectivity index (χ2n) is 7.57. The summed E-state index contributed by atoms with van der Waals surface area (Å²) in [7, 11) is 0. The Kier molecular flexibility index (Phi) is 5.16. The maximum absolute atomic E-state index is 13.0. The van der Waals surface area contributed by atoms with E-state index >= 15 is 0 Å². The average Bonchev–Trinajstić information content (AvgIpc) is 3.24. The highest BCUT2D eigenvalue weighted by molar-refractivity contribution is 7.10. The van der Waals surface area contributed by atoms with E-state index in [1.165, 1.54) is 0 Å². The van der Waals surface area contributed by atoms with Crippen molar-refractivity contribution in [1.29, 1.82) is 0 Å². The van der Waals surface area contributed by atoms with Gasteiger partial charge in [-0.3, -0.25) is 4.79 Å². The van der Waals surface area contributed by atoms with Crippen LogP contribution in [-0.2, 0) is 4.79 Å². The van der Waals surface area contributed by atoms with Gasteiger partial charge in [0.25, 0.3) is 0 Å². The van der Waals surface area contributed by atoms with Crippen LogP contribution < -0.4 is 10.6 Å². The Morgan fingerprint density at radius 3 is 2.52 bits per heavy atom. The SMILES string of the molecule is O=C1CCC2(CCN(C(=O)N[C@H](c3ccccc3)c3cccs3)CC2)CN1. The van der Waals surface area contributed by atoms with Crippen molar-refractivity contribution in [2.75, 3.05) is 19.6 Å². The minimum Gasteiger partial charge on any atom is -0.356 e. The van der Waals surface area contributed by atoms with E-state index in [2.05, 4.69) is 28.8 Å². The standard InChI is InChI=1S/C21H25N3O2S/c25-18-8-9-21(15-22-18)10-12-24(13-11-21)20(26)23-19(17-7-4-14-27-17)16-5-2-1-3-6-16/h1-7,14,19H,8-13,15H2,(H,22,25)(H,23,26)/t19-/m1/s1. The number of benzene rings is 1. The van der Waals surface area contributed by atoms with E-state index in [9.17, 15) is 9.59 Å². The van der Waals surface area contributed by atoms with E-state index in [4.69, 9.17) is 0 Å². The molecule has 142 valence electrons. The van der Waals surface area contributed by atoms with Crippen LogP contribution in [0.5, 0.6) is 0 Å². The summed E-state index contributed by atoms with van der Waals surface area (Å²) in [4.78, 5) is 27.5. The largest absolute Gasteiger partial charge is 0.356 e. The second-order valence-corrected chi connectivity index (χ2v) is 8.55. The van der Waals surface area contributed by atoms with Gasteiger partial charge >= 0.3 is 6.03 Å². The Balaban J connectivity index is 1.41. The number of carbonyl (C=O) groups excluding carboxylic acids is 2. The van der Waals surface area contributed by atoms with Crippen LogP contribution in [0.25, 0.3) is 0 Å². The molecule has 0 unspecified atom stereocenters. The van der Waals surface area contributed by atoms with Gasteiger partial charge in [-0.25, -0.2) is 4.79 Å². The zero-order valence-corrected chi connectivity index (χ0v) is 16.1. The van der Waals surface area contributed by atoms with Crippen LogP contribution in [0.15, 0.2) is 47.8 Å². The Morgan fingerprint density at radius 1 is 1.11 bits per heavy atom. The molecule has 0 radical (unpaired) electrons. The molecule has 2 saturated heterocycles. The highest BCUT2D eigenvalue weighted by atomic mass is 32.1. The predicted molar refractivity (Wildman–Crippen MR) is 107 cm³/mol. The number of hydrogen-bond acceptors (Lipinski definition) is 3. The predicted octanol–water partition coefficient (Wildman–Crippen LogP) is 3.54. The Morgan fingerprint density at radius 2 is 1.89 bits per heavy atom. The van der Waals surface area contributed by atoms with Crippen molar-refractivity contribution in [2.45, 2.75) is 31.7 Å². The van der Waals surface area contributed by atoms with Crippen molar-refractivity contribution in [3.05, 3.63) is 58.3 Å². The minimum atomic E-state index is -0.122. The molecule has 1 aromatic carbocycles. The minimum absolute atomic E-state index is 0.00746. The molecule has 4 rings (SSSR count). The number of piperidine rings is 2. The zero-order valence-electron chi connectivity index (χ0n) is 15.3.